The van der Waals surface area contributed by atoms with Gasteiger partial charge in [-0.25, -0.2) is 9.59 Å². The van der Waals surface area contributed by atoms with Gasteiger partial charge in [0.25, 0.3) is 11.1 Å². The molecule has 2 amide bonds. The van der Waals surface area contributed by atoms with E-state index in [2.05, 4.69) is 48.5 Å². The summed E-state index contributed by atoms with van der Waals surface area (Å²) in [5.41, 5.74) is 1.85. The topological polar surface area (TPSA) is 235 Å². The normalized spacial score (nSPS) is 16.0. The number of nitrogens with zero attached hydrogens (tertiary/aromatic N) is 9. The molecular weight excluding hydrogens is 837 g/mol. The lowest BCUT2D eigenvalue weighted by Gasteiger charge is -2.34. The number of aromatic nitrogens is 6. The number of amides is 2. The van der Waals surface area contributed by atoms with Gasteiger partial charge in [-0.1, -0.05) is 48.2 Å². The fourth-order valence-electron chi connectivity index (χ4n) is 6.74. The Morgan fingerprint density at radius 3 is 1.78 bits per heavy atom. The van der Waals surface area contributed by atoms with E-state index < -0.39 is 17.3 Å². The van der Waals surface area contributed by atoms with Gasteiger partial charge in [-0.2, -0.15) is 10.5 Å². The van der Waals surface area contributed by atoms with Gasteiger partial charge >= 0.3 is 12.2 Å². The van der Waals surface area contributed by atoms with Crippen LogP contribution in [-0.2, 0) is 22.6 Å². The fourth-order valence-corrected chi connectivity index (χ4v) is 7.23. The SMILES string of the molecule is CC(C)(C)OC(=O)N[C@@H]1CCCNC1.CSc1nnc(C)c(=O)n1Cc1ccccc1C#N.Cc1nnc(N2CCC[C@@H](NC(=O)OC(C)(C)C)C2)n(Cc2ccccc2C#N)c1=O. The molecule has 2 atom stereocenters. The number of thioether (sulfide) groups is 1. The number of rotatable bonds is 8. The minimum absolute atomic E-state index is 0.137. The molecule has 4 aromatic rings. The zero-order chi connectivity index (χ0) is 47.0. The summed E-state index contributed by atoms with van der Waals surface area (Å²) in [5, 5.41) is 44.2. The molecule has 2 fully saturated rings. The number of carbonyl (C=O) groups excluding carboxylic acids is 2. The highest BCUT2D eigenvalue weighted by atomic mass is 32.2. The predicted molar refractivity (Wildman–Crippen MR) is 244 cm³/mol. The summed E-state index contributed by atoms with van der Waals surface area (Å²) in [5.74, 6) is 0.430. The van der Waals surface area contributed by atoms with Crippen molar-refractivity contribution in [3.05, 3.63) is 103 Å². The van der Waals surface area contributed by atoms with E-state index in [1.54, 1.807) is 47.2 Å². The first-order valence-corrected chi connectivity index (χ1v) is 22.4. The van der Waals surface area contributed by atoms with Crippen molar-refractivity contribution in [2.24, 2.45) is 0 Å². The quantitative estimate of drug-likeness (QED) is 0.193. The Hall–Kier alpha value is -6.31. The number of carbonyl (C=O) groups is 2. The third kappa shape index (κ3) is 15.5. The number of hydrogen-bond donors (Lipinski definition) is 3. The maximum atomic E-state index is 12.9. The lowest BCUT2D eigenvalue weighted by molar-refractivity contribution is 0.0486. The van der Waals surface area contributed by atoms with Crippen LogP contribution in [0.4, 0.5) is 15.5 Å². The van der Waals surface area contributed by atoms with Crippen molar-refractivity contribution < 1.29 is 19.1 Å². The highest BCUT2D eigenvalue weighted by Crippen LogP contribution is 2.20. The summed E-state index contributed by atoms with van der Waals surface area (Å²) in [6.45, 7) is 17.9. The molecule has 2 aromatic heterocycles. The first kappa shape index (κ1) is 50.3. The highest BCUT2D eigenvalue weighted by molar-refractivity contribution is 7.98. The third-order valence-corrected chi connectivity index (χ3v) is 10.4. The number of piperidine rings is 2. The van der Waals surface area contributed by atoms with Crippen LogP contribution in [0.5, 0.6) is 0 Å². The number of hydrogen-bond acceptors (Lipinski definition) is 15. The van der Waals surface area contributed by atoms with Crippen LogP contribution in [0.15, 0.2) is 63.3 Å². The van der Waals surface area contributed by atoms with Crippen LogP contribution in [0.3, 0.4) is 0 Å². The monoisotopic (exact) mass is 896 g/mol. The van der Waals surface area contributed by atoms with Crippen LogP contribution in [0.2, 0.25) is 0 Å². The largest absolute Gasteiger partial charge is 0.444 e. The van der Waals surface area contributed by atoms with Crippen molar-refractivity contribution >= 4 is 29.9 Å². The number of aryl methyl sites for hydroxylation is 2. The maximum absolute atomic E-state index is 12.9. The molecule has 0 aliphatic carbocycles. The van der Waals surface area contributed by atoms with E-state index in [-0.39, 0.29) is 35.8 Å². The molecule has 64 heavy (non-hydrogen) atoms. The molecule has 0 saturated carbocycles. The summed E-state index contributed by atoms with van der Waals surface area (Å²) < 4.78 is 13.6. The molecule has 18 nitrogen and oxygen atoms in total. The molecule has 4 heterocycles. The van der Waals surface area contributed by atoms with Gasteiger partial charge in [0.05, 0.1) is 36.4 Å². The van der Waals surface area contributed by atoms with E-state index in [4.69, 9.17) is 14.7 Å². The van der Waals surface area contributed by atoms with Crippen LogP contribution in [0.25, 0.3) is 0 Å². The molecular formula is C45H60N12O6S. The van der Waals surface area contributed by atoms with Gasteiger partial charge in [0.1, 0.15) is 22.6 Å². The fraction of sp³-hybridized carbons (Fsp3) is 0.511. The summed E-state index contributed by atoms with van der Waals surface area (Å²) in [6, 6.07) is 18.8. The second kappa shape index (κ2) is 23.4. The van der Waals surface area contributed by atoms with Gasteiger partial charge < -0.3 is 30.3 Å². The van der Waals surface area contributed by atoms with Crippen molar-refractivity contribution in [2.45, 2.75) is 123 Å². The molecule has 19 heteroatoms. The van der Waals surface area contributed by atoms with E-state index >= 15 is 0 Å². The molecule has 342 valence electrons. The van der Waals surface area contributed by atoms with Crippen LogP contribution >= 0.6 is 11.8 Å². The first-order valence-electron chi connectivity index (χ1n) is 21.1. The lowest BCUT2D eigenvalue weighted by Crippen LogP contribution is -2.50. The second-order valence-corrected chi connectivity index (χ2v) is 18.1. The van der Waals surface area contributed by atoms with Crippen LogP contribution in [-0.4, -0.2) is 97.4 Å². The average molecular weight is 897 g/mol. The molecule has 6 rings (SSSR count). The molecule has 0 unspecified atom stereocenters. The Balaban J connectivity index is 0.000000231. The van der Waals surface area contributed by atoms with Gasteiger partial charge in [0, 0.05) is 31.7 Å². The highest BCUT2D eigenvalue weighted by Gasteiger charge is 2.28. The van der Waals surface area contributed by atoms with Gasteiger partial charge in [-0.3, -0.25) is 18.7 Å². The molecule has 2 aromatic carbocycles. The van der Waals surface area contributed by atoms with Crippen molar-refractivity contribution in [1.82, 2.24) is 45.5 Å². The number of nitrogens with one attached hydrogen (secondary N) is 3. The Bertz CT molecular complexity index is 2420. The zero-order valence-electron chi connectivity index (χ0n) is 38.2. The Morgan fingerprint density at radius 1 is 0.766 bits per heavy atom. The minimum atomic E-state index is -0.574. The van der Waals surface area contributed by atoms with Gasteiger partial charge in [-0.15, -0.1) is 20.4 Å². The molecule has 0 spiro atoms. The molecule has 2 saturated heterocycles. The minimum Gasteiger partial charge on any atom is -0.444 e. The standard InChI is InChI=1S/C22H28N6O3.C13H12N4OS.C10H20N2O2/c1-15-19(29)28(13-17-9-6-5-8-16(17)12-23)20(26-25-15)27-11-7-10-18(14-27)24-21(30)31-22(2,3)4;1-9-12(18)17(13(19-2)16-15-9)8-11-6-4-3-5-10(11)7-14;1-10(2,3)14-9(13)12-8-5-4-6-11-7-8/h5-6,8-9,18H,7,10-11,13-14H2,1-4H3,(H,24,30);3-6H,8H2,1-2H3;8,11H,4-7H2,1-3H3,(H,12,13)/t18-;;8-/m1.1/s1. The zero-order valence-corrected chi connectivity index (χ0v) is 39.0. The number of alkyl carbamates (subject to hydrolysis) is 2. The number of anilines is 1. The maximum Gasteiger partial charge on any atom is 0.407 e. The average Bonchev–Trinajstić information content (AvgIpc) is 3.24. The van der Waals surface area contributed by atoms with E-state index in [0.717, 1.165) is 49.9 Å². The van der Waals surface area contributed by atoms with Crippen LogP contribution in [0.1, 0.15) is 101 Å². The van der Waals surface area contributed by atoms with Crippen molar-refractivity contribution in [2.75, 3.05) is 37.3 Å². The molecule has 0 bridgehead atoms. The Morgan fingerprint density at radius 2 is 1.27 bits per heavy atom. The molecule has 0 radical (unpaired) electrons. The lowest BCUT2D eigenvalue weighted by atomic mass is 10.1. The van der Waals surface area contributed by atoms with Crippen molar-refractivity contribution in [3.8, 4) is 12.1 Å². The van der Waals surface area contributed by atoms with Gasteiger partial charge in [-0.05, 0) is 117 Å². The van der Waals surface area contributed by atoms with E-state index in [1.807, 2.05) is 77.0 Å². The Labute approximate surface area is 378 Å². The second-order valence-electron chi connectivity index (χ2n) is 17.3. The molecule has 2 aliphatic heterocycles. The molecule has 2 aliphatic rings. The molecule has 3 N–H and O–H groups in total. The number of nitriles is 2. The summed E-state index contributed by atoms with van der Waals surface area (Å²) in [6.07, 6.45) is 4.83. The summed E-state index contributed by atoms with van der Waals surface area (Å²) in [4.78, 5) is 50.5. The van der Waals surface area contributed by atoms with Crippen molar-refractivity contribution in [1.29, 1.82) is 10.5 Å². The Kier molecular flexibility index (Phi) is 18.4. The summed E-state index contributed by atoms with van der Waals surface area (Å²) in [7, 11) is 0. The third-order valence-electron chi connectivity index (χ3n) is 9.71. The number of ether oxygens (including phenoxy) is 2. The van der Waals surface area contributed by atoms with Crippen molar-refractivity contribution in [3.63, 3.8) is 0 Å². The smallest absolute Gasteiger partial charge is 0.407 e. The van der Waals surface area contributed by atoms with Crippen LogP contribution in [0, 0.1) is 36.5 Å². The number of benzene rings is 2. The first-order chi connectivity index (χ1) is 30.3. The summed E-state index contributed by atoms with van der Waals surface area (Å²) >= 11 is 1.36. The van der Waals surface area contributed by atoms with E-state index in [9.17, 15) is 24.4 Å². The van der Waals surface area contributed by atoms with E-state index in [1.165, 1.54) is 11.8 Å². The predicted octanol–water partition coefficient (Wildman–Crippen LogP) is 5.21. The van der Waals surface area contributed by atoms with Gasteiger partial charge in [0.2, 0.25) is 5.95 Å². The van der Waals surface area contributed by atoms with Crippen LogP contribution < -0.4 is 32.0 Å². The van der Waals surface area contributed by atoms with Gasteiger partial charge in [0.15, 0.2) is 5.16 Å². The van der Waals surface area contributed by atoms with E-state index in [0.29, 0.717) is 53.3 Å².